The van der Waals surface area contributed by atoms with Gasteiger partial charge in [-0.15, -0.1) is 0 Å². The Morgan fingerprint density at radius 2 is 1.83 bits per heavy atom. The van der Waals surface area contributed by atoms with Crippen LogP contribution in [0.1, 0.15) is 62.5 Å². The maximum Gasteiger partial charge on any atom is 0.275 e. The van der Waals surface area contributed by atoms with Crippen molar-refractivity contribution in [2.24, 2.45) is 0 Å². The number of carbonyl (C=O) groups is 1. The van der Waals surface area contributed by atoms with Crippen LogP contribution in [-0.4, -0.2) is 61.8 Å². The van der Waals surface area contributed by atoms with Crippen molar-refractivity contribution in [3.05, 3.63) is 47.7 Å². The Labute approximate surface area is 206 Å². The highest BCUT2D eigenvalue weighted by molar-refractivity contribution is 7.93. The van der Waals surface area contributed by atoms with Crippen molar-refractivity contribution in [3.63, 3.8) is 0 Å². The molecule has 2 N–H and O–H groups in total. The first-order chi connectivity index (χ1) is 16.3. The van der Waals surface area contributed by atoms with Crippen LogP contribution in [0, 0.1) is 11.2 Å². The first-order valence-electron chi connectivity index (χ1n) is 11.0. The predicted molar refractivity (Wildman–Crippen MR) is 135 cm³/mol. The van der Waals surface area contributed by atoms with Crippen molar-refractivity contribution in [1.29, 1.82) is 5.41 Å². The minimum absolute atomic E-state index is 0.0449. The van der Waals surface area contributed by atoms with Crippen molar-refractivity contribution < 1.29 is 27.1 Å². The number of benzene rings is 1. The fourth-order valence-electron chi connectivity index (χ4n) is 3.10. The van der Waals surface area contributed by atoms with Gasteiger partial charge in [0.15, 0.2) is 9.84 Å². The fraction of sp³-hybridized carbons (Fsp3) is 0.500. The third-order valence-electron chi connectivity index (χ3n) is 5.33. The largest absolute Gasteiger partial charge is 0.480 e. The molecule has 0 spiro atoms. The Bertz CT molecular complexity index is 1110. The molecule has 0 saturated carbocycles. The summed E-state index contributed by atoms with van der Waals surface area (Å²) in [5.74, 6) is -1.88. The van der Waals surface area contributed by atoms with Crippen molar-refractivity contribution in [2.45, 2.75) is 51.2 Å². The van der Waals surface area contributed by atoms with Crippen LogP contribution in [0.25, 0.3) is 0 Å². The number of nitrogens with one attached hydrogen (secondary N) is 2. The molecule has 0 bridgehead atoms. The van der Waals surface area contributed by atoms with Crippen LogP contribution in [-0.2, 0) is 14.6 Å². The van der Waals surface area contributed by atoms with E-state index in [1.165, 1.54) is 51.6 Å². The number of anilines is 1. The third kappa shape index (κ3) is 8.07. The molecule has 1 aromatic carbocycles. The number of carbonyl (C=O) groups excluding carboxylic acids is 1. The van der Waals surface area contributed by atoms with E-state index in [9.17, 15) is 17.6 Å². The Morgan fingerprint density at radius 3 is 2.34 bits per heavy atom. The zero-order valence-corrected chi connectivity index (χ0v) is 22.1. The van der Waals surface area contributed by atoms with Gasteiger partial charge in [0.2, 0.25) is 5.88 Å². The predicted octanol–water partition coefficient (Wildman–Crippen LogP) is 4.26. The molecule has 0 saturated heterocycles. The zero-order chi connectivity index (χ0) is 26.8. The third-order valence-corrected chi connectivity index (χ3v) is 8.07. The minimum atomic E-state index is -3.74. The smallest absolute Gasteiger partial charge is 0.275 e. The fourth-order valence-corrected chi connectivity index (χ4v) is 4.83. The van der Waals surface area contributed by atoms with E-state index in [-0.39, 0.29) is 28.6 Å². The van der Waals surface area contributed by atoms with Crippen LogP contribution >= 0.6 is 0 Å². The van der Waals surface area contributed by atoms with Gasteiger partial charge in [0.25, 0.3) is 5.91 Å². The zero-order valence-electron chi connectivity index (χ0n) is 21.3. The lowest BCUT2D eigenvalue weighted by Crippen LogP contribution is -2.42. The number of amides is 1. The normalized spacial score (nSPS) is 12.2. The van der Waals surface area contributed by atoms with Crippen LogP contribution in [0.2, 0.25) is 0 Å². The maximum atomic E-state index is 14.5. The van der Waals surface area contributed by atoms with Gasteiger partial charge in [-0.25, -0.2) is 22.8 Å². The first-order valence-corrected chi connectivity index (χ1v) is 12.7. The molecular weight excluding hydrogens is 475 g/mol. The molecule has 9 nitrogen and oxygen atoms in total. The van der Waals surface area contributed by atoms with Gasteiger partial charge in [-0.2, -0.15) is 0 Å². The summed E-state index contributed by atoms with van der Waals surface area (Å²) >= 11 is 0. The molecule has 1 heterocycles. The Hall–Kier alpha value is -2.92. The molecule has 0 fully saturated rings. The van der Waals surface area contributed by atoms with E-state index in [0.29, 0.717) is 18.5 Å². The van der Waals surface area contributed by atoms with E-state index in [1.807, 2.05) is 6.92 Å². The minimum Gasteiger partial charge on any atom is -0.480 e. The molecule has 11 heteroatoms. The van der Waals surface area contributed by atoms with E-state index in [2.05, 4.69) is 20.0 Å². The second kappa shape index (κ2) is 13.2. The topological polar surface area (TPSA) is 131 Å². The summed E-state index contributed by atoms with van der Waals surface area (Å²) < 4.78 is 48.4. The standard InChI is InChI=1S/C22H29FN4O4S.C2H6O/c1-6-7-19(24)22(3,4)32(29,30)13-14(2)16-10-15(8-9-17(16)23)27-21(28)18-11-26-20(31-5)12-25-18;1-3-2/h8-12,14,24H,6-7,13H2,1-5H3,(H,27,28);1-2H3. The SMILES string of the molecule is CCCC(=N)C(C)(C)S(=O)(=O)CC(C)c1cc(NC(=O)c2cnc(OC)cn2)ccc1F.COC. The summed E-state index contributed by atoms with van der Waals surface area (Å²) in [6.07, 6.45) is 3.60. The molecule has 0 aliphatic heterocycles. The summed E-state index contributed by atoms with van der Waals surface area (Å²) in [4.78, 5) is 20.3. The Kier molecular flexibility index (Phi) is 11.4. The lowest BCUT2D eigenvalue weighted by atomic mass is 10.0. The summed E-state index contributed by atoms with van der Waals surface area (Å²) in [7, 11) is 0.940. The number of hydrogen-bond donors (Lipinski definition) is 2. The molecule has 35 heavy (non-hydrogen) atoms. The molecule has 194 valence electrons. The van der Waals surface area contributed by atoms with E-state index >= 15 is 0 Å². The van der Waals surface area contributed by atoms with Crippen LogP contribution in [0.5, 0.6) is 5.88 Å². The van der Waals surface area contributed by atoms with Gasteiger partial charge in [-0.05, 0) is 49.9 Å². The number of halogens is 1. The van der Waals surface area contributed by atoms with Gasteiger partial charge in [-0.3, -0.25) is 4.79 Å². The number of rotatable bonds is 10. The van der Waals surface area contributed by atoms with E-state index in [4.69, 9.17) is 10.1 Å². The molecular formula is C24H35FN4O5S. The molecule has 1 aromatic heterocycles. The van der Waals surface area contributed by atoms with Crippen molar-refractivity contribution in [3.8, 4) is 5.88 Å². The van der Waals surface area contributed by atoms with E-state index in [0.717, 1.165) is 0 Å². The van der Waals surface area contributed by atoms with E-state index < -0.39 is 32.2 Å². The van der Waals surface area contributed by atoms with Crippen LogP contribution in [0.15, 0.2) is 30.6 Å². The Morgan fingerprint density at radius 1 is 1.20 bits per heavy atom. The first kappa shape index (κ1) is 30.1. The average Bonchev–Trinajstić information content (AvgIpc) is 2.80. The average molecular weight is 511 g/mol. The second-order valence-corrected chi connectivity index (χ2v) is 11.0. The van der Waals surface area contributed by atoms with Gasteiger partial charge in [0.1, 0.15) is 16.3 Å². The highest BCUT2D eigenvalue weighted by atomic mass is 32.2. The lowest BCUT2D eigenvalue weighted by molar-refractivity contribution is 0.102. The van der Waals surface area contributed by atoms with Crippen LogP contribution in [0.4, 0.5) is 10.1 Å². The highest BCUT2D eigenvalue weighted by Gasteiger charge is 2.39. The number of hydrogen-bond acceptors (Lipinski definition) is 8. The van der Waals surface area contributed by atoms with Crippen LogP contribution in [0.3, 0.4) is 0 Å². The molecule has 1 unspecified atom stereocenters. The monoisotopic (exact) mass is 510 g/mol. The van der Waals surface area contributed by atoms with Gasteiger partial charge in [-0.1, -0.05) is 20.3 Å². The van der Waals surface area contributed by atoms with Gasteiger partial charge in [0.05, 0.1) is 25.3 Å². The molecule has 2 aromatic rings. The number of aromatic nitrogens is 2. The summed E-state index contributed by atoms with van der Waals surface area (Å²) in [6.45, 7) is 6.51. The van der Waals surface area contributed by atoms with E-state index in [1.54, 1.807) is 21.1 Å². The number of methoxy groups -OCH3 is 2. The lowest BCUT2D eigenvalue weighted by Gasteiger charge is -2.27. The Balaban J connectivity index is 0.00000194. The number of ether oxygens (including phenoxy) is 2. The summed E-state index contributed by atoms with van der Waals surface area (Å²) in [6, 6.07) is 3.97. The quantitative estimate of drug-likeness (QED) is 0.457. The van der Waals surface area contributed by atoms with Gasteiger partial charge < -0.3 is 20.2 Å². The van der Waals surface area contributed by atoms with Crippen LogP contribution < -0.4 is 10.1 Å². The molecule has 2 rings (SSSR count). The maximum absolute atomic E-state index is 14.5. The number of sulfone groups is 1. The molecule has 0 aliphatic carbocycles. The molecule has 0 aliphatic rings. The number of nitrogens with zero attached hydrogens (tertiary/aromatic N) is 2. The van der Waals surface area contributed by atoms with Crippen molar-refractivity contribution in [1.82, 2.24) is 9.97 Å². The summed E-state index contributed by atoms with van der Waals surface area (Å²) in [5, 5.41) is 10.8. The van der Waals surface area contributed by atoms with Crippen molar-refractivity contribution >= 4 is 27.1 Å². The van der Waals surface area contributed by atoms with Gasteiger partial charge in [0, 0.05) is 25.6 Å². The second-order valence-electron chi connectivity index (χ2n) is 8.46. The summed E-state index contributed by atoms with van der Waals surface area (Å²) in [5.41, 5.74) is 0.633. The molecule has 1 amide bonds. The van der Waals surface area contributed by atoms with Crippen molar-refractivity contribution in [2.75, 3.05) is 32.4 Å². The highest BCUT2D eigenvalue weighted by Crippen LogP contribution is 2.29. The molecule has 1 atom stereocenters. The molecule has 0 radical (unpaired) electrons. The van der Waals surface area contributed by atoms with Gasteiger partial charge >= 0.3 is 0 Å².